The number of alkyl halides is 1. The summed E-state index contributed by atoms with van der Waals surface area (Å²) in [5.41, 5.74) is -0.175. The summed E-state index contributed by atoms with van der Waals surface area (Å²) < 4.78 is 15.0. The quantitative estimate of drug-likeness (QED) is 0.388. The molecule has 0 aromatic heterocycles. The van der Waals surface area contributed by atoms with Gasteiger partial charge in [-0.25, -0.2) is 0 Å². The molecule has 2 rings (SSSR count). The number of nitro groups is 2. The lowest BCUT2D eigenvalue weighted by Crippen LogP contribution is -2.00. The van der Waals surface area contributed by atoms with E-state index in [0.717, 1.165) is 6.07 Å². The van der Waals surface area contributed by atoms with Gasteiger partial charge in [0.25, 0.3) is 11.4 Å². The molecule has 0 unspecified atom stereocenters. The summed E-state index contributed by atoms with van der Waals surface area (Å²) in [6.07, 6.45) is 0. The van der Waals surface area contributed by atoms with Gasteiger partial charge in [-0.1, -0.05) is 15.9 Å². The molecule has 0 amide bonds. The van der Waals surface area contributed by atoms with Crippen LogP contribution in [-0.2, 0) is 0 Å². The number of phenolic OH excluding ortho intramolecular Hbond substituents is 1. The highest BCUT2D eigenvalue weighted by atomic mass is 79.9. The first-order valence-electron chi connectivity index (χ1n) is 7.36. The Hall–Kier alpha value is -3.08. The van der Waals surface area contributed by atoms with Crippen molar-refractivity contribution in [3.8, 4) is 23.0 Å². The van der Waals surface area contributed by atoms with Crippen LogP contribution in [0.3, 0.4) is 0 Å². The van der Waals surface area contributed by atoms with Crippen molar-refractivity contribution in [2.45, 2.75) is 0 Å². The highest BCUT2D eigenvalue weighted by Gasteiger charge is 2.12. The summed E-state index contributed by atoms with van der Waals surface area (Å²) in [6, 6.07) is 7.89. The summed E-state index contributed by atoms with van der Waals surface area (Å²) >= 11 is 3.22. The number of halogens is 1. The van der Waals surface area contributed by atoms with E-state index in [1.54, 1.807) is 0 Å². The van der Waals surface area contributed by atoms with E-state index >= 15 is 0 Å². The molecule has 0 saturated heterocycles. The van der Waals surface area contributed by atoms with Gasteiger partial charge in [-0.15, -0.1) is 0 Å². The number of methoxy groups -OCH3 is 2. The van der Waals surface area contributed by atoms with E-state index in [4.69, 9.17) is 19.3 Å². The summed E-state index contributed by atoms with van der Waals surface area (Å²) in [6.45, 7) is 0.480. The molecule has 11 heteroatoms. The maximum atomic E-state index is 10.5. The average molecular weight is 445 g/mol. The molecule has 0 bridgehead atoms. The van der Waals surface area contributed by atoms with Crippen molar-refractivity contribution in [1.82, 2.24) is 0 Å². The minimum absolute atomic E-state index is 0.0157. The predicted molar refractivity (Wildman–Crippen MR) is 100 cm³/mol. The van der Waals surface area contributed by atoms with E-state index in [1.807, 2.05) is 0 Å². The first-order chi connectivity index (χ1) is 12.8. The zero-order valence-corrected chi connectivity index (χ0v) is 16.0. The molecule has 146 valence electrons. The standard InChI is InChI=1S/C9H10BrNO4.C7H7NO4/c1-14-9-6-7(11(12)13)2-3-8(9)15-5-4-10;1-12-7-3-2-5(8(10)11)4-6(7)9/h2-3,6H,4-5H2,1H3;2-4,9H,1H3. The molecular weight excluding hydrogens is 428 g/mol. The number of nitro benzene ring substituents is 2. The largest absolute Gasteiger partial charge is 0.504 e. The maximum Gasteiger partial charge on any atom is 0.273 e. The van der Waals surface area contributed by atoms with E-state index < -0.39 is 9.85 Å². The second-order valence-electron chi connectivity index (χ2n) is 4.74. The van der Waals surface area contributed by atoms with Crippen molar-refractivity contribution in [2.75, 3.05) is 26.2 Å². The van der Waals surface area contributed by atoms with Crippen LogP contribution in [0.2, 0.25) is 0 Å². The van der Waals surface area contributed by atoms with Crippen LogP contribution in [0, 0.1) is 20.2 Å². The Balaban J connectivity index is 0.000000277. The van der Waals surface area contributed by atoms with E-state index in [9.17, 15) is 20.2 Å². The van der Waals surface area contributed by atoms with Gasteiger partial charge in [-0.2, -0.15) is 0 Å². The fraction of sp³-hybridized carbons (Fsp3) is 0.250. The predicted octanol–water partition coefficient (Wildman–Crippen LogP) is 3.69. The van der Waals surface area contributed by atoms with Gasteiger partial charge in [0.05, 0.1) is 42.8 Å². The number of hydrogen-bond acceptors (Lipinski definition) is 8. The summed E-state index contributed by atoms with van der Waals surface area (Å²) in [5, 5.41) is 30.5. The number of rotatable bonds is 7. The maximum absolute atomic E-state index is 10.5. The molecule has 0 aliphatic carbocycles. The number of nitrogens with zero attached hydrogens (tertiary/aromatic N) is 2. The Morgan fingerprint density at radius 3 is 1.89 bits per heavy atom. The van der Waals surface area contributed by atoms with Crippen molar-refractivity contribution in [2.24, 2.45) is 0 Å². The van der Waals surface area contributed by atoms with Crippen LogP contribution in [0.5, 0.6) is 23.0 Å². The topological polar surface area (TPSA) is 134 Å². The normalized spacial score (nSPS) is 9.59. The minimum Gasteiger partial charge on any atom is -0.504 e. The van der Waals surface area contributed by atoms with Crippen molar-refractivity contribution < 1.29 is 29.2 Å². The molecule has 10 nitrogen and oxygen atoms in total. The molecule has 0 heterocycles. The van der Waals surface area contributed by atoms with Crippen LogP contribution in [-0.4, -0.2) is 41.1 Å². The molecular formula is C16H17BrN2O8. The number of phenols is 1. The summed E-state index contributed by atoms with van der Waals surface area (Å²) in [7, 11) is 2.82. The second kappa shape index (κ2) is 10.8. The molecule has 0 radical (unpaired) electrons. The third-order valence-electron chi connectivity index (χ3n) is 3.07. The molecule has 1 N–H and O–H groups in total. The molecule has 0 saturated carbocycles. The first kappa shape index (κ1) is 22.0. The van der Waals surface area contributed by atoms with Crippen LogP contribution in [0.1, 0.15) is 0 Å². The fourth-order valence-corrected chi connectivity index (χ4v) is 1.99. The van der Waals surface area contributed by atoms with Gasteiger partial charge in [0, 0.05) is 17.5 Å². The van der Waals surface area contributed by atoms with E-state index in [0.29, 0.717) is 23.4 Å². The van der Waals surface area contributed by atoms with Crippen molar-refractivity contribution in [1.29, 1.82) is 0 Å². The lowest BCUT2D eigenvalue weighted by molar-refractivity contribution is -0.385. The molecule has 0 aliphatic rings. The smallest absolute Gasteiger partial charge is 0.273 e. The number of benzene rings is 2. The van der Waals surface area contributed by atoms with E-state index in [2.05, 4.69) is 15.9 Å². The van der Waals surface area contributed by atoms with Gasteiger partial charge in [0.2, 0.25) is 0 Å². The SMILES string of the molecule is COc1cc([N+](=O)[O-])ccc1OCCBr.COc1ccc([N+](=O)[O-])cc1O. The Labute approximate surface area is 162 Å². The second-order valence-corrected chi connectivity index (χ2v) is 5.54. The molecule has 0 aliphatic heterocycles. The molecule has 27 heavy (non-hydrogen) atoms. The molecule has 2 aromatic rings. The molecule has 0 fully saturated rings. The minimum atomic E-state index is -0.584. The number of ether oxygens (including phenoxy) is 3. The zero-order valence-electron chi connectivity index (χ0n) is 14.5. The van der Waals surface area contributed by atoms with Crippen molar-refractivity contribution >= 4 is 27.3 Å². The van der Waals surface area contributed by atoms with Gasteiger partial charge in [-0.05, 0) is 12.1 Å². The number of hydrogen-bond donors (Lipinski definition) is 1. The highest BCUT2D eigenvalue weighted by molar-refractivity contribution is 9.09. The lowest BCUT2D eigenvalue weighted by atomic mass is 10.3. The van der Waals surface area contributed by atoms with Crippen molar-refractivity contribution in [3.63, 3.8) is 0 Å². The lowest BCUT2D eigenvalue weighted by Gasteiger charge is -2.08. The zero-order chi connectivity index (χ0) is 20.4. The highest BCUT2D eigenvalue weighted by Crippen LogP contribution is 2.31. The van der Waals surface area contributed by atoms with Crippen LogP contribution in [0.4, 0.5) is 11.4 Å². The summed E-state index contributed by atoms with van der Waals surface area (Å²) in [4.78, 5) is 19.6. The Kier molecular flexibility index (Phi) is 8.79. The Morgan fingerprint density at radius 2 is 1.44 bits per heavy atom. The number of aromatic hydroxyl groups is 1. The van der Waals surface area contributed by atoms with Crippen LogP contribution in [0.15, 0.2) is 36.4 Å². The average Bonchev–Trinajstić information content (AvgIpc) is 2.66. The monoisotopic (exact) mass is 444 g/mol. The Bertz CT molecular complexity index is 800. The van der Waals surface area contributed by atoms with Crippen LogP contribution >= 0.6 is 15.9 Å². The van der Waals surface area contributed by atoms with Crippen LogP contribution in [0.25, 0.3) is 0 Å². The van der Waals surface area contributed by atoms with Gasteiger partial charge in [-0.3, -0.25) is 20.2 Å². The van der Waals surface area contributed by atoms with Crippen molar-refractivity contribution in [3.05, 3.63) is 56.6 Å². The third kappa shape index (κ3) is 6.62. The molecule has 0 spiro atoms. The van der Waals surface area contributed by atoms with E-state index in [-0.39, 0.29) is 22.9 Å². The van der Waals surface area contributed by atoms with E-state index in [1.165, 1.54) is 44.6 Å². The van der Waals surface area contributed by atoms with Gasteiger partial charge < -0.3 is 19.3 Å². The van der Waals surface area contributed by atoms with Gasteiger partial charge in [0.15, 0.2) is 23.0 Å². The van der Waals surface area contributed by atoms with Crippen LogP contribution < -0.4 is 14.2 Å². The molecule has 0 atom stereocenters. The molecule has 2 aromatic carbocycles. The third-order valence-corrected chi connectivity index (χ3v) is 3.39. The fourth-order valence-electron chi connectivity index (χ4n) is 1.83. The first-order valence-corrected chi connectivity index (χ1v) is 8.48. The summed E-state index contributed by atoms with van der Waals surface area (Å²) in [5.74, 6) is 0.861. The Morgan fingerprint density at radius 1 is 0.926 bits per heavy atom. The number of non-ortho nitro benzene ring substituents is 2. The van der Waals surface area contributed by atoms with Gasteiger partial charge in [0.1, 0.15) is 0 Å². The van der Waals surface area contributed by atoms with Gasteiger partial charge >= 0.3 is 0 Å².